The van der Waals surface area contributed by atoms with Crippen molar-refractivity contribution in [2.75, 3.05) is 6.54 Å². The van der Waals surface area contributed by atoms with Crippen molar-refractivity contribution in [3.8, 4) is 5.75 Å². The Balaban J connectivity index is 2.02. The molecule has 0 aliphatic heterocycles. The van der Waals surface area contributed by atoms with Crippen LogP contribution >= 0.6 is 22.9 Å². The second kappa shape index (κ2) is 7.83. The smallest absolute Gasteiger partial charge is 0.127 e. The number of halogens is 1. The van der Waals surface area contributed by atoms with Crippen LogP contribution in [-0.2, 0) is 13.2 Å². The van der Waals surface area contributed by atoms with Crippen LogP contribution in [0.2, 0.25) is 4.34 Å². The Morgan fingerprint density at radius 2 is 2.05 bits per heavy atom. The summed E-state index contributed by atoms with van der Waals surface area (Å²) in [6.07, 6.45) is 0. The predicted octanol–water partition coefficient (Wildman–Crippen LogP) is 5.03. The fourth-order valence-corrected chi connectivity index (χ4v) is 3.13. The Bertz CT molecular complexity index is 580. The molecule has 21 heavy (non-hydrogen) atoms. The number of hydrogen-bond donors (Lipinski definition) is 1. The van der Waals surface area contributed by atoms with Crippen molar-refractivity contribution in [3.05, 3.63) is 50.7 Å². The summed E-state index contributed by atoms with van der Waals surface area (Å²) >= 11 is 7.52. The maximum atomic E-state index is 6.04. The standard InChI is InChI=1S/C17H22ClNOS/c1-12(2)9-19-10-14-6-4-5-13(3)17(14)20-11-15-7-8-16(18)21-15/h4-8,12,19H,9-11H2,1-3H3. The average Bonchev–Trinajstić information content (AvgIpc) is 2.83. The lowest BCUT2D eigenvalue weighted by Crippen LogP contribution is -2.19. The number of nitrogens with one attached hydrogen (secondary N) is 1. The van der Waals surface area contributed by atoms with Crippen molar-refractivity contribution in [3.63, 3.8) is 0 Å². The van der Waals surface area contributed by atoms with E-state index in [4.69, 9.17) is 16.3 Å². The third-order valence-electron chi connectivity index (χ3n) is 3.15. The Kier molecular flexibility index (Phi) is 6.09. The van der Waals surface area contributed by atoms with Crippen LogP contribution in [0.4, 0.5) is 0 Å². The summed E-state index contributed by atoms with van der Waals surface area (Å²) in [6, 6.07) is 10.2. The van der Waals surface area contributed by atoms with E-state index in [0.717, 1.165) is 28.1 Å². The van der Waals surface area contributed by atoms with Gasteiger partial charge in [0.1, 0.15) is 12.4 Å². The van der Waals surface area contributed by atoms with Crippen LogP contribution in [0.5, 0.6) is 5.75 Å². The van der Waals surface area contributed by atoms with E-state index >= 15 is 0 Å². The Labute approximate surface area is 136 Å². The lowest BCUT2D eigenvalue weighted by molar-refractivity contribution is 0.303. The molecular formula is C17H22ClNOS. The minimum Gasteiger partial charge on any atom is -0.487 e. The fraction of sp³-hybridized carbons (Fsp3) is 0.412. The first-order chi connectivity index (χ1) is 10.1. The van der Waals surface area contributed by atoms with Crippen molar-refractivity contribution in [2.24, 2.45) is 5.92 Å². The molecule has 0 spiro atoms. The van der Waals surface area contributed by atoms with E-state index in [1.54, 1.807) is 11.3 Å². The van der Waals surface area contributed by atoms with Crippen molar-refractivity contribution < 1.29 is 4.74 Å². The van der Waals surface area contributed by atoms with E-state index < -0.39 is 0 Å². The molecule has 1 aromatic carbocycles. The van der Waals surface area contributed by atoms with Gasteiger partial charge in [0.2, 0.25) is 0 Å². The molecule has 0 amide bonds. The molecule has 2 nitrogen and oxygen atoms in total. The molecule has 1 N–H and O–H groups in total. The van der Waals surface area contributed by atoms with E-state index in [2.05, 4.69) is 44.3 Å². The normalized spacial score (nSPS) is 11.1. The summed E-state index contributed by atoms with van der Waals surface area (Å²) in [4.78, 5) is 1.14. The third kappa shape index (κ3) is 5.03. The van der Waals surface area contributed by atoms with Gasteiger partial charge in [-0.15, -0.1) is 11.3 Å². The zero-order chi connectivity index (χ0) is 15.2. The lowest BCUT2D eigenvalue weighted by atomic mass is 10.1. The quantitative estimate of drug-likeness (QED) is 0.771. The summed E-state index contributed by atoms with van der Waals surface area (Å²) in [7, 11) is 0. The SMILES string of the molecule is Cc1cccc(CNCC(C)C)c1OCc1ccc(Cl)s1. The van der Waals surface area contributed by atoms with Crippen LogP contribution in [0.25, 0.3) is 0 Å². The molecule has 0 saturated carbocycles. The van der Waals surface area contributed by atoms with E-state index in [1.165, 1.54) is 11.1 Å². The van der Waals surface area contributed by atoms with E-state index in [0.29, 0.717) is 12.5 Å². The highest BCUT2D eigenvalue weighted by molar-refractivity contribution is 7.16. The van der Waals surface area contributed by atoms with Gasteiger partial charge < -0.3 is 10.1 Å². The monoisotopic (exact) mass is 323 g/mol. The molecule has 2 aromatic rings. The molecule has 4 heteroatoms. The number of ether oxygens (including phenoxy) is 1. The van der Waals surface area contributed by atoms with E-state index in [-0.39, 0.29) is 0 Å². The van der Waals surface area contributed by atoms with Crippen LogP contribution in [-0.4, -0.2) is 6.54 Å². The molecule has 1 heterocycles. The highest BCUT2D eigenvalue weighted by Crippen LogP contribution is 2.27. The Morgan fingerprint density at radius 1 is 1.24 bits per heavy atom. The largest absolute Gasteiger partial charge is 0.487 e. The van der Waals surface area contributed by atoms with Gasteiger partial charge in [0.25, 0.3) is 0 Å². The fourth-order valence-electron chi connectivity index (χ4n) is 2.13. The minimum absolute atomic E-state index is 0.569. The molecule has 0 unspecified atom stereocenters. The molecule has 0 bridgehead atoms. The minimum atomic E-state index is 0.569. The number of thiophene rings is 1. The zero-order valence-corrected chi connectivity index (χ0v) is 14.4. The predicted molar refractivity (Wildman–Crippen MR) is 91.4 cm³/mol. The number of benzene rings is 1. The van der Waals surface area contributed by atoms with Gasteiger partial charge in [0.15, 0.2) is 0 Å². The third-order valence-corrected chi connectivity index (χ3v) is 4.35. The molecule has 0 radical (unpaired) electrons. The summed E-state index contributed by atoms with van der Waals surface area (Å²) < 4.78 is 6.84. The first-order valence-electron chi connectivity index (χ1n) is 7.22. The van der Waals surface area contributed by atoms with Gasteiger partial charge in [-0.3, -0.25) is 0 Å². The van der Waals surface area contributed by atoms with Gasteiger partial charge in [-0.2, -0.15) is 0 Å². The van der Waals surface area contributed by atoms with Crippen LogP contribution in [0.15, 0.2) is 30.3 Å². The number of aryl methyl sites for hydroxylation is 1. The van der Waals surface area contributed by atoms with Crippen LogP contribution in [0.1, 0.15) is 29.9 Å². The topological polar surface area (TPSA) is 21.3 Å². The van der Waals surface area contributed by atoms with Crippen LogP contribution in [0.3, 0.4) is 0 Å². The molecule has 0 aliphatic rings. The van der Waals surface area contributed by atoms with Gasteiger partial charge in [0.05, 0.1) is 4.34 Å². The Hall–Kier alpha value is -1.03. The summed E-state index contributed by atoms with van der Waals surface area (Å²) in [6.45, 7) is 8.92. The highest BCUT2D eigenvalue weighted by Gasteiger charge is 2.08. The van der Waals surface area contributed by atoms with Gasteiger partial charge in [-0.05, 0) is 37.1 Å². The number of hydrogen-bond acceptors (Lipinski definition) is 3. The van der Waals surface area contributed by atoms with Crippen molar-refractivity contribution in [1.29, 1.82) is 0 Å². The van der Waals surface area contributed by atoms with Gasteiger partial charge in [-0.25, -0.2) is 0 Å². The van der Waals surface area contributed by atoms with Crippen molar-refractivity contribution >= 4 is 22.9 Å². The summed E-state index contributed by atoms with van der Waals surface area (Å²) in [5.74, 6) is 1.63. The van der Waals surface area contributed by atoms with Crippen LogP contribution < -0.4 is 10.1 Å². The average molecular weight is 324 g/mol. The summed E-state index contributed by atoms with van der Waals surface area (Å²) in [5.41, 5.74) is 2.37. The maximum absolute atomic E-state index is 6.04. The van der Waals surface area contributed by atoms with Gasteiger partial charge >= 0.3 is 0 Å². The van der Waals surface area contributed by atoms with E-state index in [9.17, 15) is 0 Å². The lowest BCUT2D eigenvalue weighted by Gasteiger charge is -2.15. The number of para-hydroxylation sites is 1. The second-order valence-electron chi connectivity index (χ2n) is 5.58. The van der Waals surface area contributed by atoms with Crippen LogP contribution in [0, 0.1) is 12.8 Å². The molecular weight excluding hydrogens is 302 g/mol. The molecule has 0 fully saturated rings. The first kappa shape index (κ1) is 16.3. The number of rotatable bonds is 7. The molecule has 2 rings (SSSR count). The van der Waals surface area contributed by atoms with Crippen molar-refractivity contribution in [2.45, 2.75) is 33.9 Å². The first-order valence-corrected chi connectivity index (χ1v) is 8.42. The molecule has 114 valence electrons. The zero-order valence-electron chi connectivity index (χ0n) is 12.8. The second-order valence-corrected chi connectivity index (χ2v) is 7.38. The Morgan fingerprint density at radius 3 is 2.71 bits per heavy atom. The molecule has 0 aliphatic carbocycles. The maximum Gasteiger partial charge on any atom is 0.127 e. The molecule has 0 saturated heterocycles. The highest BCUT2D eigenvalue weighted by atomic mass is 35.5. The van der Waals surface area contributed by atoms with E-state index in [1.807, 2.05) is 12.1 Å². The molecule has 1 aromatic heterocycles. The van der Waals surface area contributed by atoms with Gasteiger partial charge in [0, 0.05) is 17.0 Å². The van der Waals surface area contributed by atoms with Gasteiger partial charge in [-0.1, -0.05) is 43.6 Å². The van der Waals surface area contributed by atoms with Crippen molar-refractivity contribution in [1.82, 2.24) is 5.32 Å². The molecule has 0 atom stereocenters. The summed E-state index contributed by atoms with van der Waals surface area (Å²) in [5, 5.41) is 3.47.